The third-order valence-corrected chi connectivity index (χ3v) is 3.82. The smallest absolute Gasteiger partial charge is 0.373 e. The molecule has 5 heteroatoms. The molecule has 0 aliphatic carbocycles. The number of aliphatic hydroxyl groups is 1. The van der Waals surface area contributed by atoms with Crippen LogP contribution in [0.4, 0.5) is 0 Å². The molecule has 1 heterocycles. The third-order valence-electron chi connectivity index (χ3n) is 2.82. The average Bonchev–Trinajstić information content (AvgIpc) is 2.94. The van der Waals surface area contributed by atoms with E-state index in [4.69, 9.17) is 4.74 Å². The quantitative estimate of drug-likeness (QED) is 0.505. The van der Waals surface area contributed by atoms with Gasteiger partial charge in [-0.15, -0.1) is 11.3 Å². The summed E-state index contributed by atoms with van der Waals surface area (Å²) in [6, 6.07) is 10.2. The minimum Gasteiger partial charge on any atom is -0.502 e. The number of carbonyl (C=O) groups excluding carboxylic acids is 1. The number of hydrogen-bond donors (Lipinski definition) is 1. The fourth-order valence-electron chi connectivity index (χ4n) is 1.80. The molecule has 0 radical (unpaired) electrons. The van der Waals surface area contributed by atoms with Crippen LogP contribution in [0.5, 0.6) is 0 Å². The molecule has 2 aromatic rings. The van der Waals surface area contributed by atoms with Gasteiger partial charge >= 0.3 is 5.97 Å². The van der Waals surface area contributed by atoms with E-state index in [-0.39, 0.29) is 6.61 Å². The number of benzene rings is 1. The number of rotatable bonds is 6. The fourth-order valence-corrected chi connectivity index (χ4v) is 2.65. The molecule has 0 fully saturated rings. The summed E-state index contributed by atoms with van der Waals surface area (Å²) in [6.45, 7) is 1.92. The van der Waals surface area contributed by atoms with Crippen LogP contribution in [0.3, 0.4) is 0 Å². The Labute approximate surface area is 127 Å². The van der Waals surface area contributed by atoms with Gasteiger partial charge in [0.2, 0.25) is 5.76 Å². The van der Waals surface area contributed by atoms with Crippen molar-refractivity contribution in [2.45, 2.75) is 19.8 Å². The largest absolute Gasteiger partial charge is 0.502 e. The van der Waals surface area contributed by atoms with Gasteiger partial charge in [0.05, 0.1) is 6.61 Å². The first kappa shape index (κ1) is 15.3. The number of esters is 1. The molecule has 0 aliphatic rings. The van der Waals surface area contributed by atoms with Crippen LogP contribution in [0.15, 0.2) is 42.3 Å². The molecule has 0 saturated carbocycles. The van der Waals surface area contributed by atoms with Gasteiger partial charge < -0.3 is 9.84 Å². The minimum absolute atomic E-state index is 0.233. The topological polar surface area (TPSA) is 59.4 Å². The van der Waals surface area contributed by atoms with Crippen LogP contribution in [-0.2, 0) is 22.4 Å². The predicted molar refractivity (Wildman–Crippen MR) is 83.2 cm³/mol. The SMILES string of the molecule is CCOC(=O)/C(O)=C/c1ncc(CCc2ccccc2)s1. The highest BCUT2D eigenvalue weighted by Gasteiger charge is 2.09. The maximum Gasteiger partial charge on any atom is 0.373 e. The molecule has 110 valence electrons. The van der Waals surface area contributed by atoms with Gasteiger partial charge in [-0.2, -0.15) is 0 Å². The number of carbonyl (C=O) groups is 1. The molecule has 2 rings (SSSR count). The van der Waals surface area contributed by atoms with Gasteiger partial charge in [-0.1, -0.05) is 30.3 Å². The number of hydrogen-bond acceptors (Lipinski definition) is 5. The molecule has 0 bridgehead atoms. The number of ether oxygens (including phenoxy) is 1. The Hall–Kier alpha value is -2.14. The Kier molecular flexibility index (Phi) is 5.51. The molecule has 0 atom stereocenters. The normalized spacial score (nSPS) is 11.4. The van der Waals surface area contributed by atoms with Crippen molar-refractivity contribution >= 4 is 23.4 Å². The molecule has 1 aromatic carbocycles. The van der Waals surface area contributed by atoms with Gasteiger partial charge in [0, 0.05) is 17.2 Å². The van der Waals surface area contributed by atoms with Crippen molar-refractivity contribution < 1.29 is 14.6 Å². The highest BCUT2D eigenvalue weighted by Crippen LogP contribution is 2.18. The van der Waals surface area contributed by atoms with Gasteiger partial charge in [-0.25, -0.2) is 9.78 Å². The maximum absolute atomic E-state index is 11.3. The van der Waals surface area contributed by atoms with Gasteiger partial charge in [0.25, 0.3) is 0 Å². The van der Waals surface area contributed by atoms with Crippen molar-refractivity contribution in [2.24, 2.45) is 0 Å². The second kappa shape index (κ2) is 7.59. The molecule has 21 heavy (non-hydrogen) atoms. The number of aryl methyl sites for hydroxylation is 2. The Balaban J connectivity index is 1.95. The highest BCUT2D eigenvalue weighted by atomic mass is 32.1. The van der Waals surface area contributed by atoms with E-state index >= 15 is 0 Å². The Morgan fingerprint density at radius 1 is 1.33 bits per heavy atom. The van der Waals surface area contributed by atoms with Crippen LogP contribution < -0.4 is 0 Å². The number of aliphatic hydroxyl groups excluding tert-OH is 1. The monoisotopic (exact) mass is 303 g/mol. The molecule has 0 spiro atoms. The van der Waals surface area contributed by atoms with Crippen LogP contribution in [0.1, 0.15) is 22.4 Å². The van der Waals surface area contributed by atoms with E-state index in [2.05, 4.69) is 17.1 Å². The summed E-state index contributed by atoms with van der Waals surface area (Å²) in [5.74, 6) is -1.14. The first-order chi connectivity index (χ1) is 10.2. The van der Waals surface area contributed by atoms with Gasteiger partial charge in [0.1, 0.15) is 5.01 Å². The molecule has 0 saturated heterocycles. The first-order valence-electron chi connectivity index (χ1n) is 6.75. The van der Waals surface area contributed by atoms with Crippen LogP contribution in [0, 0.1) is 0 Å². The molecular formula is C16H17NO3S. The molecule has 0 amide bonds. The molecule has 4 nitrogen and oxygen atoms in total. The molecule has 1 N–H and O–H groups in total. The lowest BCUT2D eigenvalue weighted by molar-refractivity contribution is -0.141. The Morgan fingerprint density at radius 3 is 2.81 bits per heavy atom. The van der Waals surface area contributed by atoms with Crippen molar-refractivity contribution in [3.63, 3.8) is 0 Å². The molecule has 0 aliphatic heterocycles. The van der Waals surface area contributed by atoms with Crippen LogP contribution in [0.2, 0.25) is 0 Å². The zero-order valence-corrected chi connectivity index (χ0v) is 12.6. The van der Waals surface area contributed by atoms with Crippen molar-refractivity contribution in [2.75, 3.05) is 6.61 Å². The molecule has 0 unspecified atom stereocenters. The zero-order chi connectivity index (χ0) is 15.1. The first-order valence-corrected chi connectivity index (χ1v) is 7.57. The fraction of sp³-hybridized carbons (Fsp3) is 0.250. The number of nitrogens with zero attached hydrogens (tertiary/aromatic N) is 1. The lowest BCUT2D eigenvalue weighted by Gasteiger charge is -1.99. The second-order valence-electron chi connectivity index (χ2n) is 4.40. The Bertz CT molecular complexity index is 619. The van der Waals surface area contributed by atoms with E-state index in [9.17, 15) is 9.90 Å². The van der Waals surface area contributed by atoms with Crippen molar-refractivity contribution in [1.29, 1.82) is 0 Å². The van der Waals surface area contributed by atoms with Crippen molar-refractivity contribution in [3.05, 3.63) is 57.7 Å². The average molecular weight is 303 g/mol. The summed E-state index contributed by atoms with van der Waals surface area (Å²) in [4.78, 5) is 16.6. The zero-order valence-electron chi connectivity index (χ0n) is 11.8. The highest BCUT2D eigenvalue weighted by molar-refractivity contribution is 7.12. The molecule has 1 aromatic heterocycles. The van der Waals surface area contributed by atoms with Crippen molar-refractivity contribution in [1.82, 2.24) is 4.98 Å². The van der Waals surface area contributed by atoms with E-state index < -0.39 is 11.7 Å². The summed E-state index contributed by atoms with van der Waals surface area (Å²) in [6.07, 6.45) is 4.94. The third kappa shape index (κ3) is 4.72. The van der Waals surface area contributed by atoms with E-state index in [0.717, 1.165) is 17.7 Å². The lowest BCUT2D eigenvalue weighted by atomic mass is 10.1. The molecular weight excluding hydrogens is 286 g/mol. The lowest BCUT2D eigenvalue weighted by Crippen LogP contribution is -2.06. The number of thiazole rings is 1. The van der Waals surface area contributed by atoms with E-state index in [1.807, 2.05) is 18.2 Å². The Morgan fingerprint density at radius 2 is 2.10 bits per heavy atom. The summed E-state index contributed by atoms with van der Waals surface area (Å²) in [7, 11) is 0. The standard InChI is InChI=1S/C16H17NO3S/c1-2-20-16(19)14(18)10-15-17-11-13(21-15)9-8-12-6-4-3-5-7-12/h3-7,10-11,18H,2,8-9H2,1H3/b14-10-. The maximum atomic E-state index is 11.3. The van der Waals surface area contributed by atoms with Crippen LogP contribution in [0.25, 0.3) is 6.08 Å². The van der Waals surface area contributed by atoms with E-state index in [1.165, 1.54) is 23.0 Å². The van der Waals surface area contributed by atoms with Gasteiger partial charge in [-0.3, -0.25) is 0 Å². The van der Waals surface area contributed by atoms with E-state index in [1.54, 1.807) is 13.1 Å². The minimum atomic E-state index is -0.724. The number of aromatic nitrogens is 1. The summed E-state index contributed by atoms with van der Waals surface area (Å²) in [5.41, 5.74) is 1.28. The van der Waals surface area contributed by atoms with Crippen molar-refractivity contribution in [3.8, 4) is 0 Å². The van der Waals surface area contributed by atoms with Gasteiger partial charge in [-0.05, 0) is 25.3 Å². The van der Waals surface area contributed by atoms with Gasteiger partial charge in [0.15, 0.2) is 0 Å². The summed E-state index contributed by atoms with van der Waals surface area (Å²) in [5, 5.41) is 10.2. The summed E-state index contributed by atoms with van der Waals surface area (Å²) < 4.78 is 4.71. The van der Waals surface area contributed by atoms with Crippen LogP contribution >= 0.6 is 11.3 Å². The second-order valence-corrected chi connectivity index (χ2v) is 5.55. The van der Waals surface area contributed by atoms with E-state index in [0.29, 0.717) is 5.01 Å². The predicted octanol–water partition coefficient (Wildman–Crippen LogP) is 3.39. The summed E-state index contributed by atoms with van der Waals surface area (Å²) >= 11 is 1.46. The van der Waals surface area contributed by atoms with Crippen LogP contribution in [-0.4, -0.2) is 22.7 Å².